The fourth-order valence-electron chi connectivity index (χ4n) is 3.35. The van der Waals surface area contributed by atoms with E-state index in [1.165, 1.54) is 29.5 Å². The number of hydrogen-bond acceptors (Lipinski definition) is 4. The van der Waals surface area contributed by atoms with Gasteiger partial charge >= 0.3 is 0 Å². The van der Waals surface area contributed by atoms with E-state index in [9.17, 15) is 9.18 Å². The number of nitrogens with zero attached hydrogens (tertiary/aromatic N) is 2. The highest BCUT2D eigenvalue weighted by molar-refractivity contribution is 8.38. The lowest BCUT2D eigenvalue weighted by molar-refractivity contribution is 0.102. The largest absolute Gasteiger partial charge is 0.318 e. The second-order valence-corrected chi connectivity index (χ2v) is 8.79. The molecule has 2 heterocycles. The molecule has 0 unspecified atom stereocenters. The number of fused-ring (bicyclic) bond motifs is 1. The summed E-state index contributed by atoms with van der Waals surface area (Å²) in [6, 6.07) is 16.4. The molecule has 0 spiro atoms. The summed E-state index contributed by atoms with van der Waals surface area (Å²) < 4.78 is 16.5. The Morgan fingerprint density at radius 3 is 2.82 bits per heavy atom. The molecule has 1 aliphatic heterocycles. The van der Waals surface area contributed by atoms with E-state index in [4.69, 9.17) is 0 Å². The Morgan fingerprint density at radius 1 is 1.18 bits per heavy atom. The standard InChI is InChI=1S/C22H19FN2OS2/c1-14-10-19(15(2)25(14)18-8-5-7-17(23)11-18)21(26)13-28-22-24-20-9-4-3-6-16(20)12-27-22/h3-11H,12-13H2,1-2H3. The minimum Gasteiger partial charge on any atom is -0.318 e. The summed E-state index contributed by atoms with van der Waals surface area (Å²) in [7, 11) is 0. The summed E-state index contributed by atoms with van der Waals surface area (Å²) in [5, 5.41) is 0. The van der Waals surface area contributed by atoms with Crippen molar-refractivity contribution in [3.8, 4) is 5.69 Å². The third kappa shape index (κ3) is 3.80. The molecule has 0 saturated carbocycles. The molecule has 0 bridgehead atoms. The van der Waals surface area contributed by atoms with Crippen LogP contribution in [0.5, 0.6) is 0 Å². The fourth-order valence-corrected chi connectivity index (χ4v) is 5.29. The first-order valence-corrected chi connectivity index (χ1v) is 10.9. The monoisotopic (exact) mass is 410 g/mol. The number of aliphatic imine (C=N–C) groups is 1. The highest BCUT2D eigenvalue weighted by Gasteiger charge is 2.19. The summed E-state index contributed by atoms with van der Waals surface area (Å²) in [5.41, 5.74) is 5.36. The maximum atomic E-state index is 13.6. The highest BCUT2D eigenvalue weighted by atomic mass is 32.2. The van der Waals surface area contributed by atoms with Crippen LogP contribution in [-0.2, 0) is 5.75 Å². The molecule has 0 amide bonds. The van der Waals surface area contributed by atoms with Crippen LogP contribution in [0, 0.1) is 19.7 Å². The van der Waals surface area contributed by atoms with Gasteiger partial charge in [-0.15, -0.1) is 0 Å². The van der Waals surface area contributed by atoms with Crippen molar-refractivity contribution < 1.29 is 9.18 Å². The van der Waals surface area contributed by atoms with Gasteiger partial charge in [-0.2, -0.15) is 0 Å². The Balaban J connectivity index is 1.52. The molecule has 0 radical (unpaired) electrons. The van der Waals surface area contributed by atoms with Crippen molar-refractivity contribution >= 4 is 39.4 Å². The summed E-state index contributed by atoms with van der Waals surface area (Å²) in [4.78, 5) is 17.5. The lowest BCUT2D eigenvalue weighted by Crippen LogP contribution is -2.07. The third-order valence-corrected chi connectivity index (χ3v) is 6.92. The highest BCUT2D eigenvalue weighted by Crippen LogP contribution is 2.34. The number of rotatable bonds is 4. The molecular weight excluding hydrogens is 391 g/mol. The summed E-state index contributed by atoms with van der Waals surface area (Å²) in [6.45, 7) is 3.83. The number of ketones is 1. The van der Waals surface area contributed by atoms with Crippen LogP contribution in [0.1, 0.15) is 27.3 Å². The van der Waals surface area contributed by atoms with E-state index in [1.54, 1.807) is 17.8 Å². The molecule has 0 aliphatic carbocycles. The average Bonchev–Trinajstić information content (AvgIpc) is 3.00. The quantitative estimate of drug-likeness (QED) is 0.489. The zero-order valence-corrected chi connectivity index (χ0v) is 17.2. The van der Waals surface area contributed by atoms with Crippen LogP contribution in [0.25, 0.3) is 5.69 Å². The fraction of sp³-hybridized carbons (Fsp3) is 0.182. The smallest absolute Gasteiger partial charge is 0.174 e. The number of aryl methyl sites for hydroxylation is 1. The molecule has 0 N–H and O–H groups in total. The number of carbonyl (C=O) groups excluding carboxylic acids is 1. The van der Waals surface area contributed by atoms with Crippen molar-refractivity contribution in [2.45, 2.75) is 19.6 Å². The number of Topliss-reactive ketones (excluding diaryl/α,β-unsaturated/α-hetero) is 1. The maximum absolute atomic E-state index is 13.6. The van der Waals surface area contributed by atoms with Crippen molar-refractivity contribution in [1.82, 2.24) is 4.57 Å². The van der Waals surface area contributed by atoms with E-state index < -0.39 is 0 Å². The van der Waals surface area contributed by atoms with Crippen molar-refractivity contribution in [3.63, 3.8) is 0 Å². The van der Waals surface area contributed by atoms with Crippen molar-refractivity contribution in [2.75, 3.05) is 5.75 Å². The van der Waals surface area contributed by atoms with Crippen LogP contribution in [0.2, 0.25) is 0 Å². The first-order chi connectivity index (χ1) is 13.5. The number of halogens is 1. The zero-order chi connectivity index (χ0) is 19.7. The molecule has 1 aromatic heterocycles. The number of aromatic nitrogens is 1. The Morgan fingerprint density at radius 2 is 2.00 bits per heavy atom. The minimum atomic E-state index is -0.291. The maximum Gasteiger partial charge on any atom is 0.174 e. The van der Waals surface area contributed by atoms with Gasteiger partial charge in [0.05, 0.1) is 11.4 Å². The van der Waals surface area contributed by atoms with Crippen molar-refractivity contribution in [2.24, 2.45) is 4.99 Å². The Bertz CT molecular complexity index is 1090. The lowest BCUT2D eigenvalue weighted by atomic mass is 10.2. The Hall–Kier alpha value is -2.31. The van der Waals surface area contributed by atoms with Crippen LogP contribution in [0.3, 0.4) is 0 Å². The summed E-state index contributed by atoms with van der Waals surface area (Å²) in [5.74, 6) is 0.982. The van der Waals surface area contributed by atoms with Gasteiger partial charge in [-0.05, 0) is 49.7 Å². The Labute approximate surface area is 172 Å². The van der Waals surface area contributed by atoms with Gasteiger partial charge in [0.1, 0.15) is 10.2 Å². The van der Waals surface area contributed by atoms with Gasteiger partial charge in [-0.25, -0.2) is 9.38 Å². The average molecular weight is 411 g/mol. The van der Waals surface area contributed by atoms with Gasteiger partial charge in [0.2, 0.25) is 0 Å². The van der Waals surface area contributed by atoms with Gasteiger partial charge in [-0.1, -0.05) is 47.8 Å². The number of para-hydroxylation sites is 1. The molecule has 2 aromatic carbocycles. The second kappa shape index (κ2) is 7.97. The number of thioether (sulfide) groups is 2. The minimum absolute atomic E-state index is 0.0583. The van der Waals surface area contributed by atoms with Crippen molar-refractivity contribution in [1.29, 1.82) is 0 Å². The van der Waals surface area contributed by atoms with Gasteiger partial charge < -0.3 is 4.57 Å². The molecule has 3 nitrogen and oxygen atoms in total. The van der Waals surface area contributed by atoms with E-state index in [1.807, 2.05) is 48.7 Å². The van der Waals surface area contributed by atoms with Crippen LogP contribution in [0.4, 0.5) is 10.1 Å². The first kappa shape index (κ1) is 19.0. The zero-order valence-electron chi connectivity index (χ0n) is 15.6. The molecule has 3 aromatic rings. The summed E-state index contributed by atoms with van der Waals surface area (Å²) >= 11 is 3.15. The molecule has 1 aliphatic rings. The van der Waals surface area contributed by atoms with Gasteiger partial charge in [0.25, 0.3) is 0 Å². The molecule has 4 rings (SSSR count). The van der Waals surface area contributed by atoms with Crippen molar-refractivity contribution in [3.05, 3.63) is 82.9 Å². The van der Waals surface area contributed by atoms with Gasteiger partial charge in [0, 0.05) is 28.4 Å². The van der Waals surface area contributed by atoms with Gasteiger partial charge in [0.15, 0.2) is 5.78 Å². The predicted octanol–water partition coefficient (Wildman–Crippen LogP) is 6.08. The van der Waals surface area contributed by atoms with Crippen LogP contribution < -0.4 is 0 Å². The predicted molar refractivity (Wildman–Crippen MR) is 117 cm³/mol. The number of carbonyl (C=O) groups is 1. The van der Waals surface area contributed by atoms with E-state index in [2.05, 4.69) is 11.1 Å². The topological polar surface area (TPSA) is 34.4 Å². The number of benzene rings is 2. The summed E-state index contributed by atoms with van der Waals surface area (Å²) in [6.07, 6.45) is 0. The molecule has 0 atom stereocenters. The van der Waals surface area contributed by atoms with E-state index in [0.717, 1.165) is 32.9 Å². The van der Waals surface area contributed by atoms with Crippen LogP contribution in [-0.4, -0.2) is 20.5 Å². The van der Waals surface area contributed by atoms with Crippen LogP contribution in [0.15, 0.2) is 59.6 Å². The van der Waals surface area contributed by atoms with E-state index in [-0.39, 0.29) is 11.6 Å². The molecular formula is C22H19FN2OS2. The Kier molecular flexibility index (Phi) is 5.42. The number of hydrogen-bond donors (Lipinski definition) is 0. The molecule has 0 fully saturated rings. The second-order valence-electron chi connectivity index (χ2n) is 6.61. The lowest BCUT2D eigenvalue weighted by Gasteiger charge is -2.14. The van der Waals surface area contributed by atoms with E-state index >= 15 is 0 Å². The SMILES string of the molecule is Cc1cc(C(=O)CSC2=Nc3ccccc3CS2)c(C)n1-c1cccc(F)c1. The molecule has 28 heavy (non-hydrogen) atoms. The molecule has 142 valence electrons. The first-order valence-electron chi connectivity index (χ1n) is 8.93. The van der Waals surface area contributed by atoms with E-state index in [0.29, 0.717) is 11.3 Å². The molecule has 0 saturated heterocycles. The third-order valence-electron chi connectivity index (χ3n) is 4.68. The van der Waals surface area contributed by atoms with Crippen LogP contribution >= 0.6 is 23.5 Å². The normalized spacial score (nSPS) is 13.2. The molecule has 6 heteroatoms. The van der Waals surface area contributed by atoms with Gasteiger partial charge in [-0.3, -0.25) is 4.79 Å².